The van der Waals surface area contributed by atoms with E-state index in [1.165, 1.54) is 0 Å². The zero-order chi connectivity index (χ0) is 8.10. The molecule has 0 radical (unpaired) electrons. The van der Waals surface area contributed by atoms with Crippen molar-refractivity contribution in [1.29, 1.82) is 0 Å². The van der Waals surface area contributed by atoms with Crippen molar-refractivity contribution in [3.63, 3.8) is 0 Å². The van der Waals surface area contributed by atoms with Crippen LogP contribution in [0.3, 0.4) is 0 Å². The van der Waals surface area contributed by atoms with Crippen LogP contribution in [-0.2, 0) is 6.54 Å². The summed E-state index contributed by atoms with van der Waals surface area (Å²) in [5, 5.41) is 7.50. The van der Waals surface area contributed by atoms with Crippen LogP contribution < -0.4 is 5.84 Å². The molecule has 0 aromatic carbocycles. The first kappa shape index (κ1) is 7.78. The Morgan fingerprint density at radius 1 is 1.82 bits per heavy atom. The molecule has 2 N–H and O–H groups in total. The second-order valence-electron chi connectivity index (χ2n) is 2.31. The molecule has 60 valence electrons. The monoisotopic (exact) mass is 152 g/mol. The molecule has 0 unspecified atom stereocenters. The Kier molecular flexibility index (Phi) is 2.66. The number of hydrazone groups is 1. The first-order chi connectivity index (χ1) is 5.36. The maximum atomic E-state index is 4.98. The van der Waals surface area contributed by atoms with E-state index in [1.807, 2.05) is 10.9 Å². The molecule has 11 heavy (non-hydrogen) atoms. The lowest BCUT2D eigenvalue weighted by Crippen LogP contribution is -1.95. The quantitative estimate of drug-likeness (QED) is 0.391. The van der Waals surface area contributed by atoms with Crippen LogP contribution in [0.2, 0.25) is 0 Å². The summed E-state index contributed by atoms with van der Waals surface area (Å²) in [4.78, 5) is 0. The fraction of sp³-hybridized carbons (Fsp3) is 0.429. The van der Waals surface area contributed by atoms with E-state index in [0.29, 0.717) is 0 Å². The molecule has 4 heteroatoms. The number of nitrogens with two attached hydrogens (primary N) is 1. The number of aromatic nitrogens is 2. The van der Waals surface area contributed by atoms with Crippen LogP contribution in [0, 0.1) is 0 Å². The van der Waals surface area contributed by atoms with Crippen molar-refractivity contribution in [2.45, 2.75) is 19.9 Å². The van der Waals surface area contributed by atoms with E-state index in [4.69, 9.17) is 5.84 Å². The molecule has 1 rings (SSSR count). The average molecular weight is 152 g/mol. The van der Waals surface area contributed by atoms with Gasteiger partial charge in [0.25, 0.3) is 0 Å². The highest BCUT2D eigenvalue weighted by Crippen LogP contribution is 1.94. The zero-order valence-corrected chi connectivity index (χ0v) is 6.57. The Labute approximate surface area is 65.7 Å². The molecular weight excluding hydrogens is 140 g/mol. The number of hydrogen-bond donors (Lipinski definition) is 1. The summed E-state index contributed by atoms with van der Waals surface area (Å²) in [5.74, 6) is 4.98. The molecule has 0 saturated heterocycles. The average Bonchev–Trinajstić information content (AvgIpc) is 2.38. The molecule has 0 aliphatic heterocycles. The van der Waals surface area contributed by atoms with Gasteiger partial charge in [0.05, 0.1) is 12.4 Å². The maximum absolute atomic E-state index is 4.98. The van der Waals surface area contributed by atoms with Crippen LogP contribution in [0.1, 0.15) is 18.9 Å². The molecule has 1 aromatic heterocycles. The molecular formula is C7H12N4. The lowest BCUT2D eigenvalue weighted by Gasteiger charge is -1.93. The normalized spacial score (nSPS) is 11.0. The van der Waals surface area contributed by atoms with Crippen molar-refractivity contribution < 1.29 is 0 Å². The molecule has 0 aliphatic rings. The highest BCUT2D eigenvalue weighted by molar-refractivity contribution is 5.78. The van der Waals surface area contributed by atoms with Crippen LogP contribution >= 0.6 is 0 Å². The Hall–Kier alpha value is -1.32. The topological polar surface area (TPSA) is 56.2 Å². The number of rotatable bonds is 3. The summed E-state index contributed by atoms with van der Waals surface area (Å²) in [6, 6.07) is 0. The number of nitrogens with zero attached hydrogens (tertiary/aromatic N) is 3. The first-order valence-corrected chi connectivity index (χ1v) is 3.62. The van der Waals surface area contributed by atoms with Crippen LogP contribution in [0.4, 0.5) is 0 Å². The van der Waals surface area contributed by atoms with Gasteiger partial charge in [-0.1, -0.05) is 6.92 Å². The number of hydrogen-bond acceptors (Lipinski definition) is 3. The second kappa shape index (κ2) is 3.75. The SMILES string of the molecule is CCCn1cc(/C=N/N)cn1. The molecule has 0 fully saturated rings. The highest BCUT2D eigenvalue weighted by Gasteiger charge is 1.92. The van der Waals surface area contributed by atoms with Crippen LogP contribution in [0.5, 0.6) is 0 Å². The Balaban J connectivity index is 2.65. The molecule has 0 amide bonds. The molecule has 0 saturated carbocycles. The van der Waals surface area contributed by atoms with Gasteiger partial charge in [0.15, 0.2) is 0 Å². The summed E-state index contributed by atoms with van der Waals surface area (Å²) >= 11 is 0. The minimum Gasteiger partial charge on any atom is -0.323 e. The smallest absolute Gasteiger partial charge is 0.0578 e. The molecule has 0 atom stereocenters. The van der Waals surface area contributed by atoms with Crippen molar-refractivity contribution in [3.05, 3.63) is 18.0 Å². The molecule has 0 spiro atoms. The minimum absolute atomic E-state index is 0.943. The lowest BCUT2D eigenvalue weighted by molar-refractivity contribution is 0.603. The molecule has 1 heterocycles. The third kappa shape index (κ3) is 2.07. The van der Waals surface area contributed by atoms with Crippen LogP contribution in [-0.4, -0.2) is 16.0 Å². The van der Waals surface area contributed by atoms with Crippen molar-refractivity contribution in [2.75, 3.05) is 0 Å². The Bertz CT molecular complexity index is 238. The van der Waals surface area contributed by atoms with Crippen LogP contribution in [0.25, 0.3) is 0 Å². The predicted molar refractivity (Wildman–Crippen MR) is 44.3 cm³/mol. The molecule has 0 bridgehead atoms. The van der Waals surface area contributed by atoms with Gasteiger partial charge in [0, 0.05) is 18.3 Å². The second-order valence-corrected chi connectivity index (χ2v) is 2.31. The van der Waals surface area contributed by atoms with Crippen molar-refractivity contribution in [3.8, 4) is 0 Å². The van der Waals surface area contributed by atoms with Crippen molar-refractivity contribution in [2.24, 2.45) is 10.9 Å². The Morgan fingerprint density at radius 2 is 2.64 bits per heavy atom. The molecule has 0 aliphatic carbocycles. The summed E-state index contributed by atoms with van der Waals surface area (Å²) < 4.78 is 1.87. The third-order valence-electron chi connectivity index (χ3n) is 1.33. The van der Waals surface area contributed by atoms with Gasteiger partial charge in [-0.3, -0.25) is 4.68 Å². The lowest BCUT2D eigenvalue weighted by atomic mass is 10.4. The van der Waals surface area contributed by atoms with Gasteiger partial charge in [-0.15, -0.1) is 0 Å². The zero-order valence-electron chi connectivity index (χ0n) is 6.57. The van der Waals surface area contributed by atoms with E-state index in [0.717, 1.165) is 18.5 Å². The van der Waals surface area contributed by atoms with Crippen molar-refractivity contribution in [1.82, 2.24) is 9.78 Å². The molecule has 4 nitrogen and oxygen atoms in total. The minimum atomic E-state index is 0.943. The van der Waals surface area contributed by atoms with E-state index in [1.54, 1.807) is 12.4 Å². The fourth-order valence-corrected chi connectivity index (χ4v) is 0.884. The standard InChI is InChI=1S/C7H12N4/c1-2-3-11-6-7(4-9-8)5-10-11/h4-6H,2-3,8H2,1H3/b9-4+. The van der Waals surface area contributed by atoms with Gasteiger partial charge in [-0.2, -0.15) is 10.2 Å². The van der Waals surface area contributed by atoms with E-state index in [2.05, 4.69) is 17.1 Å². The van der Waals surface area contributed by atoms with Crippen LogP contribution in [0.15, 0.2) is 17.5 Å². The van der Waals surface area contributed by atoms with Gasteiger partial charge < -0.3 is 5.84 Å². The number of aryl methyl sites for hydroxylation is 1. The van der Waals surface area contributed by atoms with Gasteiger partial charge in [-0.25, -0.2) is 0 Å². The van der Waals surface area contributed by atoms with Gasteiger partial charge in [-0.05, 0) is 6.42 Å². The predicted octanol–water partition coefficient (Wildman–Crippen LogP) is 0.586. The maximum Gasteiger partial charge on any atom is 0.0578 e. The Morgan fingerprint density at radius 3 is 3.27 bits per heavy atom. The fourth-order valence-electron chi connectivity index (χ4n) is 0.884. The van der Waals surface area contributed by atoms with E-state index >= 15 is 0 Å². The largest absolute Gasteiger partial charge is 0.323 e. The van der Waals surface area contributed by atoms with Gasteiger partial charge >= 0.3 is 0 Å². The van der Waals surface area contributed by atoms with Crippen molar-refractivity contribution >= 4 is 6.21 Å². The van der Waals surface area contributed by atoms with Gasteiger partial charge in [0.1, 0.15) is 0 Å². The van der Waals surface area contributed by atoms with Gasteiger partial charge in [0.2, 0.25) is 0 Å². The van der Waals surface area contributed by atoms with E-state index in [9.17, 15) is 0 Å². The summed E-state index contributed by atoms with van der Waals surface area (Å²) in [6.45, 7) is 3.05. The third-order valence-corrected chi connectivity index (χ3v) is 1.33. The summed E-state index contributed by atoms with van der Waals surface area (Å²) in [6.07, 6.45) is 6.33. The summed E-state index contributed by atoms with van der Waals surface area (Å²) in [5.41, 5.74) is 0.945. The highest BCUT2D eigenvalue weighted by atomic mass is 15.3. The van der Waals surface area contributed by atoms with E-state index in [-0.39, 0.29) is 0 Å². The first-order valence-electron chi connectivity index (χ1n) is 3.62. The van der Waals surface area contributed by atoms with E-state index < -0.39 is 0 Å². The summed E-state index contributed by atoms with van der Waals surface area (Å²) in [7, 11) is 0. The molecule has 1 aromatic rings.